The molecule has 1 aliphatic heterocycles. The van der Waals surface area contributed by atoms with Crippen molar-refractivity contribution in [3.63, 3.8) is 0 Å². The van der Waals surface area contributed by atoms with Crippen molar-refractivity contribution >= 4 is 5.91 Å². The summed E-state index contributed by atoms with van der Waals surface area (Å²) in [5, 5.41) is 8.66. The molecular formula is C22H34N4O2. The second kappa shape index (κ2) is 9.23. The van der Waals surface area contributed by atoms with E-state index in [1.807, 2.05) is 15.7 Å². The Balaban J connectivity index is 1.52. The van der Waals surface area contributed by atoms with Crippen LogP contribution in [0.1, 0.15) is 66.7 Å². The molecule has 6 heteroatoms. The number of ether oxygens (including phenoxy) is 1. The largest absolute Gasteiger partial charge is 0.378 e. The topological polar surface area (TPSA) is 59.4 Å². The first-order valence-corrected chi connectivity index (χ1v) is 11.1. The molecule has 0 radical (unpaired) electrons. The molecule has 4 rings (SSSR count). The van der Waals surface area contributed by atoms with E-state index in [9.17, 15) is 4.79 Å². The van der Waals surface area contributed by atoms with Crippen LogP contribution in [0.3, 0.4) is 0 Å². The van der Waals surface area contributed by atoms with Gasteiger partial charge in [-0.1, -0.05) is 31.8 Å². The Hall–Kier alpha value is -1.66. The standard InChI is InChI=1S/C22H34N4O2/c1-2-11-26-20-10-9-18(23-17-7-5-3-4-6-8-17)16-19(20)21(24-26)22(27)25-12-14-28-15-13-25/h2,17-18,23H,1,3-16H2. The fourth-order valence-corrected chi connectivity index (χ4v) is 4.97. The molecule has 2 fully saturated rings. The van der Waals surface area contributed by atoms with Crippen LogP contribution in [0.15, 0.2) is 12.7 Å². The van der Waals surface area contributed by atoms with Crippen molar-refractivity contribution in [2.45, 2.75) is 76.4 Å². The average Bonchev–Trinajstić information content (AvgIpc) is 2.89. The molecule has 154 valence electrons. The van der Waals surface area contributed by atoms with Gasteiger partial charge >= 0.3 is 0 Å². The first-order chi connectivity index (χ1) is 13.8. The number of morpholine rings is 1. The second-order valence-electron chi connectivity index (χ2n) is 8.44. The van der Waals surface area contributed by atoms with E-state index >= 15 is 0 Å². The van der Waals surface area contributed by atoms with Crippen molar-refractivity contribution in [2.24, 2.45) is 0 Å². The van der Waals surface area contributed by atoms with Gasteiger partial charge in [-0.25, -0.2) is 0 Å². The average molecular weight is 387 g/mol. The van der Waals surface area contributed by atoms with E-state index in [0.717, 1.165) is 24.8 Å². The lowest BCUT2D eigenvalue weighted by molar-refractivity contribution is 0.0297. The third-order valence-corrected chi connectivity index (χ3v) is 6.48. The number of nitrogens with one attached hydrogen (secondary N) is 1. The smallest absolute Gasteiger partial charge is 0.274 e. The lowest BCUT2D eigenvalue weighted by atomic mass is 9.90. The summed E-state index contributed by atoms with van der Waals surface area (Å²) in [4.78, 5) is 15.1. The van der Waals surface area contributed by atoms with Crippen molar-refractivity contribution in [3.8, 4) is 0 Å². The minimum Gasteiger partial charge on any atom is -0.378 e. The van der Waals surface area contributed by atoms with Gasteiger partial charge in [0.1, 0.15) is 0 Å². The van der Waals surface area contributed by atoms with Crippen LogP contribution in [0.2, 0.25) is 0 Å². The van der Waals surface area contributed by atoms with Crippen molar-refractivity contribution in [1.82, 2.24) is 20.0 Å². The molecule has 3 aliphatic rings. The molecule has 1 N–H and O–H groups in total. The summed E-state index contributed by atoms with van der Waals surface area (Å²) >= 11 is 0. The van der Waals surface area contributed by atoms with E-state index in [1.54, 1.807) is 0 Å². The molecular weight excluding hydrogens is 352 g/mol. The highest BCUT2D eigenvalue weighted by atomic mass is 16.5. The normalized spacial score (nSPS) is 23.9. The highest BCUT2D eigenvalue weighted by molar-refractivity contribution is 5.94. The molecule has 1 atom stereocenters. The van der Waals surface area contributed by atoms with Gasteiger partial charge in [-0.2, -0.15) is 5.10 Å². The van der Waals surface area contributed by atoms with Crippen molar-refractivity contribution < 1.29 is 9.53 Å². The third kappa shape index (κ3) is 4.33. The Labute approximate surface area is 168 Å². The zero-order valence-electron chi connectivity index (χ0n) is 17.0. The molecule has 1 saturated carbocycles. The van der Waals surface area contributed by atoms with Crippen LogP contribution in [-0.2, 0) is 24.1 Å². The number of hydrogen-bond donors (Lipinski definition) is 1. The van der Waals surface area contributed by atoms with Crippen LogP contribution in [0.4, 0.5) is 0 Å². The predicted octanol–water partition coefficient (Wildman–Crippen LogP) is 2.71. The van der Waals surface area contributed by atoms with Gasteiger partial charge in [-0.3, -0.25) is 9.48 Å². The number of rotatable bonds is 5. The minimum atomic E-state index is 0.0671. The van der Waals surface area contributed by atoms with Crippen molar-refractivity contribution in [3.05, 3.63) is 29.6 Å². The van der Waals surface area contributed by atoms with E-state index < -0.39 is 0 Å². The fraction of sp³-hybridized carbons (Fsp3) is 0.727. The summed E-state index contributed by atoms with van der Waals surface area (Å²) in [6.07, 6.45) is 12.9. The Morgan fingerprint density at radius 1 is 1.14 bits per heavy atom. The van der Waals surface area contributed by atoms with Gasteiger partial charge in [0.2, 0.25) is 0 Å². The Kier molecular flexibility index (Phi) is 6.47. The molecule has 0 spiro atoms. The van der Waals surface area contributed by atoms with E-state index in [-0.39, 0.29) is 5.91 Å². The number of carbonyl (C=O) groups is 1. The van der Waals surface area contributed by atoms with Crippen LogP contribution in [0, 0.1) is 0 Å². The number of amides is 1. The lowest BCUT2D eigenvalue weighted by Crippen LogP contribution is -2.43. The second-order valence-corrected chi connectivity index (χ2v) is 8.44. The highest BCUT2D eigenvalue weighted by Crippen LogP contribution is 2.28. The van der Waals surface area contributed by atoms with Crippen LogP contribution >= 0.6 is 0 Å². The summed E-state index contributed by atoms with van der Waals surface area (Å²) in [5.74, 6) is 0.0671. The molecule has 0 aromatic carbocycles. The SMILES string of the molecule is C=CCn1nc(C(=O)N2CCOCC2)c2c1CCC(NC1CCCCCC1)C2. The molecule has 1 saturated heterocycles. The zero-order valence-corrected chi connectivity index (χ0v) is 17.0. The fourth-order valence-electron chi connectivity index (χ4n) is 4.97. The maximum Gasteiger partial charge on any atom is 0.274 e. The molecule has 1 aromatic rings. The van der Waals surface area contributed by atoms with Crippen molar-refractivity contribution in [2.75, 3.05) is 26.3 Å². The molecule has 2 heterocycles. The number of aromatic nitrogens is 2. The van der Waals surface area contributed by atoms with Gasteiger partial charge < -0.3 is 15.0 Å². The van der Waals surface area contributed by atoms with E-state index in [4.69, 9.17) is 9.84 Å². The van der Waals surface area contributed by atoms with Crippen LogP contribution in [0.5, 0.6) is 0 Å². The van der Waals surface area contributed by atoms with Gasteiger partial charge in [-0.15, -0.1) is 6.58 Å². The molecule has 2 aliphatic carbocycles. The summed E-state index contributed by atoms with van der Waals surface area (Å²) in [5.41, 5.74) is 3.05. The number of nitrogens with zero attached hydrogens (tertiary/aromatic N) is 3. The molecule has 6 nitrogen and oxygen atoms in total. The predicted molar refractivity (Wildman–Crippen MR) is 110 cm³/mol. The molecule has 0 bridgehead atoms. The monoisotopic (exact) mass is 386 g/mol. The highest BCUT2D eigenvalue weighted by Gasteiger charge is 2.32. The van der Waals surface area contributed by atoms with Crippen LogP contribution < -0.4 is 5.32 Å². The van der Waals surface area contributed by atoms with Gasteiger partial charge in [0.05, 0.1) is 19.8 Å². The Bertz CT molecular complexity index is 685. The van der Waals surface area contributed by atoms with E-state index in [1.165, 1.54) is 44.2 Å². The molecule has 1 aromatic heterocycles. The summed E-state index contributed by atoms with van der Waals surface area (Å²) in [7, 11) is 0. The first kappa shape index (κ1) is 19.6. The van der Waals surface area contributed by atoms with Gasteiger partial charge in [0.15, 0.2) is 5.69 Å². The van der Waals surface area contributed by atoms with Gasteiger partial charge in [-0.05, 0) is 32.1 Å². The van der Waals surface area contributed by atoms with Crippen LogP contribution in [0.25, 0.3) is 0 Å². The number of fused-ring (bicyclic) bond motifs is 1. The van der Waals surface area contributed by atoms with E-state index in [0.29, 0.717) is 50.6 Å². The summed E-state index contributed by atoms with van der Waals surface area (Å²) in [6.45, 7) is 7.08. The molecule has 1 amide bonds. The quantitative estimate of drug-likeness (QED) is 0.624. The van der Waals surface area contributed by atoms with Crippen molar-refractivity contribution in [1.29, 1.82) is 0 Å². The Morgan fingerprint density at radius 3 is 2.61 bits per heavy atom. The minimum absolute atomic E-state index is 0.0671. The zero-order chi connectivity index (χ0) is 19.3. The van der Waals surface area contributed by atoms with Crippen LogP contribution in [-0.4, -0.2) is 59.0 Å². The van der Waals surface area contributed by atoms with Gasteiger partial charge in [0.25, 0.3) is 5.91 Å². The van der Waals surface area contributed by atoms with E-state index in [2.05, 4.69) is 11.9 Å². The maximum absolute atomic E-state index is 13.2. The number of hydrogen-bond acceptors (Lipinski definition) is 4. The maximum atomic E-state index is 13.2. The summed E-state index contributed by atoms with van der Waals surface area (Å²) < 4.78 is 7.41. The summed E-state index contributed by atoms with van der Waals surface area (Å²) in [6, 6.07) is 1.09. The lowest BCUT2D eigenvalue weighted by Gasteiger charge is -2.30. The van der Waals surface area contributed by atoms with Gasteiger partial charge in [0, 0.05) is 36.4 Å². The number of carbonyl (C=O) groups excluding carboxylic acids is 1. The first-order valence-electron chi connectivity index (χ1n) is 11.1. The third-order valence-electron chi connectivity index (χ3n) is 6.48. The number of allylic oxidation sites excluding steroid dienone is 1. The molecule has 1 unspecified atom stereocenters. The Morgan fingerprint density at radius 2 is 1.89 bits per heavy atom. The molecule has 28 heavy (non-hydrogen) atoms.